The number of rotatable bonds is 4. The van der Waals surface area contributed by atoms with Crippen molar-refractivity contribution in [1.82, 2.24) is 0 Å². The van der Waals surface area contributed by atoms with E-state index in [9.17, 15) is 9.18 Å². The van der Waals surface area contributed by atoms with Gasteiger partial charge < -0.3 is 9.47 Å². The summed E-state index contributed by atoms with van der Waals surface area (Å²) in [5.41, 5.74) is 0.491. The number of ether oxygens (including phenoxy) is 2. The minimum absolute atomic E-state index is 0.0989. The van der Waals surface area contributed by atoms with E-state index < -0.39 is 11.8 Å². The maximum atomic E-state index is 13.1. The standard InChI is InChI=1S/C16H12FNO3/c1-2-20-15-8-11(10-18)6-7-14(15)21-16(19)12-4-3-5-13(17)9-12/h3-9H,2H2,1H3. The molecule has 0 atom stereocenters. The maximum Gasteiger partial charge on any atom is 0.343 e. The van der Waals surface area contributed by atoms with Crippen molar-refractivity contribution in [3.8, 4) is 17.6 Å². The molecule has 0 amide bonds. The molecule has 0 unspecified atom stereocenters. The molecule has 2 aromatic carbocycles. The van der Waals surface area contributed by atoms with E-state index in [0.717, 1.165) is 6.07 Å². The fourth-order valence-corrected chi connectivity index (χ4v) is 1.70. The molecule has 0 saturated heterocycles. The van der Waals surface area contributed by atoms with E-state index in [1.807, 2.05) is 6.07 Å². The van der Waals surface area contributed by atoms with Crippen molar-refractivity contribution >= 4 is 5.97 Å². The fourth-order valence-electron chi connectivity index (χ4n) is 1.70. The number of hydrogen-bond donors (Lipinski definition) is 0. The Morgan fingerprint density at radius 3 is 2.71 bits per heavy atom. The van der Waals surface area contributed by atoms with Gasteiger partial charge in [0, 0.05) is 6.07 Å². The molecular weight excluding hydrogens is 273 g/mol. The monoisotopic (exact) mass is 285 g/mol. The second-order valence-corrected chi connectivity index (χ2v) is 4.11. The van der Waals surface area contributed by atoms with Gasteiger partial charge in [0.15, 0.2) is 11.5 Å². The van der Waals surface area contributed by atoms with Crippen molar-refractivity contribution in [1.29, 1.82) is 5.26 Å². The largest absolute Gasteiger partial charge is 0.490 e. The number of carbonyl (C=O) groups excluding carboxylic acids is 1. The Bertz CT molecular complexity index is 707. The van der Waals surface area contributed by atoms with Crippen LogP contribution < -0.4 is 9.47 Å². The Kier molecular flexibility index (Phi) is 4.52. The third kappa shape index (κ3) is 3.57. The second-order valence-electron chi connectivity index (χ2n) is 4.11. The topological polar surface area (TPSA) is 59.3 Å². The van der Waals surface area contributed by atoms with Crippen LogP contribution in [0.4, 0.5) is 4.39 Å². The summed E-state index contributed by atoms with van der Waals surface area (Å²) >= 11 is 0. The first-order chi connectivity index (χ1) is 10.1. The molecule has 0 aliphatic rings. The molecule has 0 aliphatic carbocycles. The van der Waals surface area contributed by atoms with Gasteiger partial charge in [-0.1, -0.05) is 6.07 Å². The Hall–Kier alpha value is -2.87. The Morgan fingerprint density at radius 2 is 2.05 bits per heavy atom. The van der Waals surface area contributed by atoms with Gasteiger partial charge in [-0.2, -0.15) is 5.26 Å². The fraction of sp³-hybridized carbons (Fsp3) is 0.125. The zero-order valence-corrected chi connectivity index (χ0v) is 11.3. The SMILES string of the molecule is CCOc1cc(C#N)ccc1OC(=O)c1cccc(F)c1. The van der Waals surface area contributed by atoms with Gasteiger partial charge in [0.05, 0.1) is 23.8 Å². The molecule has 2 aromatic rings. The summed E-state index contributed by atoms with van der Waals surface area (Å²) in [6, 6.07) is 11.7. The van der Waals surface area contributed by atoms with E-state index in [0.29, 0.717) is 17.9 Å². The van der Waals surface area contributed by atoms with Gasteiger partial charge in [0.1, 0.15) is 5.82 Å². The van der Waals surface area contributed by atoms with Gasteiger partial charge in [-0.25, -0.2) is 9.18 Å². The van der Waals surface area contributed by atoms with Crippen molar-refractivity contribution in [2.24, 2.45) is 0 Å². The average molecular weight is 285 g/mol. The summed E-state index contributed by atoms with van der Waals surface area (Å²) in [7, 11) is 0. The Balaban J connectivity index is 2.26. The number of halogens is 1. The van der Waals surface area contributed by atoms with E-state index in [-0.39, 0.29) is 11.3 Å². The number of nitrogens with zero attached hydrogens (tertiary/aromatic N) is 1. The molecule has 0 radical (unpaired) electrons. The van der Waals surface area contributed by atoms with Gasteiger partial charge >= 0.3 is 5.97 Å². The van der Waals surface area contributed by atoms with E-state index in [4.69, 9.17) is 14.7 Å². The first kappa shape index (κ1) is 14.5. The summed E-state index contributed by atoms with van der Waals surface area (Å²) < 4.78 is 23.6. The quantitative estimate of drug-likeness (QED) is 0.638. The highest BCUT2D eigenvalue weighted by Crippen LogP contribution is 2.29. The predicted molar refractivity (Wildman–Crippen MR) is 73.7 cm³/mol. The zero-order valence-electron chi connectivity index (χ0n) is 11.3. The molecule has 0 N–H and O–H groups in total. The van der Waals surface area contributed by atoms with Crippen LogP contribution in [0.3, 0.4) is 0 Å². The summed E-state index contributed by atoms with van der Waals surface area (Å²) in [6.07, 6.45) is 0. The highest BCUT2D eigenvalue weighted by molar-refractivity contribution is 5.91. The molecule has 4 nitrogen and oxygen atoms in total. The lowest BCUT2D eigenvalue weighted by molar-refractivity contribution is 0.0728. The molecule has 5 heteroatoms. The molecule has 0 aromatic heterocycles. The third-order valence-corrected chi connectivity index (χ3v) is 2.64. The molecular formula is C16H12FNO3. The number of nitriles is 1. The lowest BCUT2D eigenvalue weighted by Crippen LogP contribution is -2.10. The van der Waals surface area contributed by atoms with Crippen LogP contribution in [-0.4, -0.2) is 12.6 Å². The van der Waals surface area contributed by atoms with E-state index in [1.165, 1.54) is 36.4 Å². The average Bonchev–Trinajstić information content (AvgIpc) is 2.49. The van der Waals surface area contributed by atoms with Crippen LogP contribution in [0.15, 0.2) is 42.5 Å². The van der Waals surface area contributed by atoms with Crippen molar-refractivity contribution in [2.45, 2.75) is 6.92 Å². The van der Waals surface area contributed by atoms with Crippen molar-refractivity contribution in [3.05, 3.63) is 59.4 Å². The summed E-state index contributed by atoms with van der Waals surface area (Å²) in [4.78, 5) is 12.0. The van der Waals surface area contributed by atoms with Crippen LogP contribution in [0.1, 0.15) is 22.8 Å². The number of carbonyl (C=O) groups is 1. The van der Waals surface area contributed by atoms with Gasteiger partial charge in [-0.15, -0.1) is 0 Å². The van der Waals surface area contributed by atoms with Crippen molar-refractivity contribution < 1.29 is 18.7 Å². The Morgan fingerprint density at radius 1 is 1.24 bits per heavy atom. The van der Waals surface area contributed by atoms with Crippen LogP contribution in [0.5, 0.6) is 11.5 Å². The first-order valence-corrected chi connectivity index (χ1v) is 6.28. The molecule has 2 rings (SSSR count). The molecule has 0 aliphatic heterocycles. The first-order valence-electron chi connectivity index (χ1n) is 6.28. The second kappa shape index (κ2) is 6.53. The van der Waals surface area contributed by atoms with Crippen LogP contribution in [0.25, 0.3) is 0 Å². The lowest BCUT2D eigenvalue weighted by atomic mass is 10.2. The highest BCUT2D eigenvalue weighted by Gasteiger charge is 2.13. The highest BCUT2D eigenvalue weighted by atomic mass is 19.1. The minimum Gasteiger partial charge on any atom is -0.490 e. The van der Waals surface area contributed by atoms with Gasteiger partial charge in [0.2, 0.25) is 0 Å². The molecule has 0 fully saturated rings. The normalized spacial score (nSPS) is 9.76. The van der Waals surface area contributed by atoms with Crippen molar-refractivity contribution in [2.75, 3.05) is 6.61 Å². The molecule has 0 saturated carbocycles. The van der Waals surface area contributed by atoms with Crippen LogP contribution in [0, 0.1) is 17.1 Å². The van der Waals surface area contributed by atoms with Crippen molar-refractivity contribution in [3.63, 3.8) is 0 Å². The van der Waals surface area contributed by atoms with Crippen LogP contribution >= 0.6 is 0 Å². The summed E-state index contributed by atoms with van der Waals surface area (Å²) in [6.45, 7) is 2.14. The Labute approximate surface area is 121 Å². The summed E-state index contributed by atoms with van der Waals surface area (Å²) in [5, 5.41) is 8.86. The lowest BCUT2D eigenvalue weighted by Gasteiger charge is -2.10. The third-order valence-electron chi connectivity index (χ3n) is 2.64. The molecule has 0 spiro atoms. The minimum atomic E-state index is -0.694. The maximum absolute atomic E-state index is 13.1. The van der Waals surface area contributed by atoms with Gasteiger partial charge in [-0.05, 0) is 37.3 Å². The van der Waals surface area contributed by atoms with Gasteiger partial charge in [0.25, 0.3) is 0 Å². The van der Waals surface area contributed by atoms with E-state index >= 15 is 0 Å². The number of hydrogen-bond acceptors (Lipinski definition) is 4. The van der Waals surface area contributed by atoms with Crippen LogP contribution in [0.2, 0.25) is 0 Å². The molecule has 0 bridgehead atoms. The summed E-state index contributed by atoms with van der Waals surface area (Å²) in [5.74, 6) is -0.735. The number of benzene rings is 2. The number of esters is 1. The van der Waals surface area contributed by atoms with Crippen LogP contribution in [-0.2, 0) is 0 Å². The van der Waals surface area contributed by atoms with E-state index in [2.05, 4.69) is 0 Å². The molecule has 106 valence electrons. The zero-order chi connectivity index (χ0) is 15.2. The smallest absolute Gasteiger partial charge is 0.343 e. The van der Waals surface area contributed by atoms with Gasteiger partial charge in [-0.3, -0.25) is 0 Å². The molecule has 0 heterocycles. The predicted octanol–water partition coefficient (Wildman–Crippen LogP) is 3.32. The molecule has 21 heavy (non-hydrogen) atoms. The van der Waals surface area contributed by atoms with E-state index in [1.54, 1.807) is 6.92 Å².